The van der Waals surface area contributed by atoms with Crippen LogP contribution in [0.1, 0.15) is 31.9 Å². The highest BCUT2D eigenvalue weighted by Crippen LogP contribution is 2.32. The van der Waals surface area contributed by atoms with Crippen LogP contribution in [0.5, 0.6) is 0 Å². The highest BCUT2D eigenvalue weighted by molar-refractivity contribution is 7.90. The normalized spacial score (nSPS) is 11.5. The van der Waals surface area contributed by atoms with Gasteiger partial charge in [0.1, 0.15) is 25.7 Å². The number of hydrogen-bond acceptors (Lipinski definition) is 13. The summed E-state index contributed by atoms with van der Waals surface area (Å²) in [4.78, 5) is 48.8. The Morgan fingerprint density at radius 1 is 0.746 bits per heavy atom. The summed E-state index contributed by atoms with van der Waals surface area (Å²) in [5.41, 5.74) is 2.54. The van der Waals surface area contributed by atoms with Gasteiger partial charge in [-0.05, 0) is 99.6 Å². The maximum absolute atomic E-state index is 13.3. The smallest absolute Gasteiger partial charge is 0.410 e. The molecule has 0 aromatic carbocycles. The van der Waals surface area contributed by atoms with Crippen LogP contribution >= 0.6 is 23.2 Å². The van der Waals surface area contributed by atoms with Gasteiger partial charge in [0, 0.05) is 86.4 Å². The first-order valence-corrected chi connectivity index (χ1v) is 22.0. The van der Waals surface area contributed by atoms with Crippen LogP contribution in [0.2, 0.25) is 10.3 Å². The second-order valence-electron chi connectivity index (χ2n) is 14.0. The molecule has 0 atom stereocenters. The Labute approximate surface area is 373 Å². The van der Waals surface area contributed by atoms with Crippen LogP contribution in [0, 0.1) is 0 Å². The van der Waals surface area contributed by atoms with Crippen molar-refractivity contribution in [2.75, 3.05) is 14.1 Å². The molecule has 0 unspecified atom stereocenters. The molecule has 0 fully saturated rings. The third-order valence-electron chi connectivity index (χ3n) is 8.01. The van der Waals surface area contributed by atoms with Crippen molar-refractivity contribution in [2.45, 2.75) is 49.3 Å². The fourth-order valence-electron chi connectivity index (χ4n) is 5.37. The fourth-order valence-corrected chi connectivity index (χ4v) is 8.52. The van der Waals surface area contributed by atoms with Gasteiger partial charge in [0.25, 0.3) is 20.0 Å². The number of hydrogen-bond donors (Lipinski definition) is 3. The molecule has 22 heteroatoms. The first-order chi connectivity index (χ1) is 29.6. The number of carboxylic acids is 2. The molecule has 0 aliphatic rings. The Morgan fingerprint density at radius 3 is 1.56 bits per heavy atom. The van der Waals surface area contributed by atoms with E-state index in [1.165, 1.54) is 58.2 Å². The molecule has 0 radical (unpaired) electrons. The Bertz CT molecular complexity index is 2780. The zero-order valence-electron chi connectivity index (χ0n) is 34.3. The highest BCUT2D eigenvalue weighted by atomic mass is 35.5. The summed E-state index contributed by atoms with van der Waals surface area (Å²) < 4.78 is 60.3. The SMILES string of the molecule is CN(Cc1cc(-c2cccnc2Cl)n(S(=O)(=O)c2cccnc2)c1)C(=O)OC(C)(C)C.CNCc1cc(-c2cccnc2Cl)n(S(=O)(=O)c2cccnc2)c1.O=C(O)/C=C/C(=O)O. The summed E-state index contributed by atoms with van der Waals surface area (Å²) in [5, 5.41) is 19.0. The van der Waals surface area contributed by atoms with Gasteiger partial charge >= 0.3 is 18.0 Å². The van der Waals surface area contributed by atoms with Crippen molar-refractivity contribution in [1.82, 2.24) is 38.1 Å². The molecule has 0 saturated heterocycles. The van der Waals surface area contributed by atoms with Crippen molar-refractivity contribution in [1.29, 1.82) is 0 Å². The van der Waals surface area contributed by atoms with Gasteiger partial charge in [0.2, 0.25) is 0 Å². The topological polar surface area (TPSA) is 246 Å². The van der Waals surface area contributed by atoms with Crippen molar-refractivity contribution < 1.29 is 46.2 Å². The van der Waals surface area contributed by atoms with Gasteiger partial charge in [0.05, 0.1) is 17.9 Å². The molecule has 0 aliphatic carbocycles. The minimum atomic E-state index is -3.97. The van der Waals surface area contributed by atoms with Crippen LogP contribution in [-0.4, -0.2) is 97.6 Å². The van der Waals surface area contributed by atoms with E-state index in [1.54, 1.807) is 95.8 Å². The fraction of sp³-hybridized carbons (Fsp3) is 0.195. The van der Waals surface area contributed by atoms with Gasteiger partial charge in [-0.25, -0.2) is 49.1 Å². The van der Waals surface area contributed by atoms with E-state index in [0.717, 1.165) is 9.54 Å². The number of aromatic nitrogens is 6. The molecular formula is C41H42Cl2N8O10S2. The lowest BCUT2D eigenvalue weighted by Crippen LogP contribution is -2.33. The molecule has 6 aromatic rings. The van der Waals surface area contributed by atoms with E-state index >= 15 is 0 Å². The van der Waals surface area contributed by atoms with E-state index in [-0.39, 0.29) is 26.6 Å². The highest BCUT2D eigenvalue weighted by Gasteiger charge is 2.26. The number of carboxylic acid groups (broad SMARTS) is 2. The summed E-state index contributed by atoms with van der Waals surface area (Å²) in [6.45, 7) is 5.99. The monoisotopic (exact) mass is 940 g/mol. The minimum Gasteiger partial charge on any atom is -0.478 e. The van der Waals surface area contributed by atoms with Crippen molar-refractivity contribution in [2.24, 2.45) is 0 Å². The number of ether oxygens (including phenoxy) is 1. The number of pyridine rings is 4. The van der Waals surface area contributed by atoms with Crippen LogP contribution in [0.15, 0.2) is 132 Å². The lowest BCUT2D eigenvalue weighted by molar-refractivity contribution is -0.134. The van der Waals surface area contributed by atoms with Gasteiger partial charge in [0.15, 0.2) is 0 Å². The largest absolute Gasteiger partial charge is 0.478 e. The number of halogens is 2. The van der Waals surface area contributed by atoms with Crippen molar-refractivity contribution >= 4 is 61.3 Å². The lowest BCUT2D eigenvalue weighted by atomic mass is 10.2. The quantitative estimate of drug-likeness (QED) is 0.0879. The second-order valence-corrected chi connectivity index (χ2v) is 18.4. The molecule has 6 aromatic heterocycles. The number of aliphatic carboxylic acids is 2. The predicted octanol–water partition coefficient (Wildman–Crippen LogP) is 6.47. The molecular weight excluding hydrogens is 900 g/mol. The third-order valence-corrected chi connectivity index (χ3v) is 11.9. The Balaban J connectivity index is 0.000000241. The summed E-state index contributed by atoms with van der Waals surface area (Å²) in [5.74, 6) is -2.51. The van der Waals surface area contributed by atoms with Gasteiger partial charge in [-0.15, -0.1) is 0 Å². The molecule has 0 saturated carbocycles. The van der Waals surface area contributed by atoms with Crippen molar-refractivity contribution in [3.8, 4) is 22.5 Å². The average Bonchev–Trinajstić information content (AvgIpc) is 3.86. The van der Waals surface area contributed by atoms with E-state index < -0.39 is 43.7 Å². The molecule has 0 spiro atoms. The molecule has 1 amide bonds. The number of amides is 1. The lowest BCUT2D eigenvalue weighted by Gasteiger charge is -2.24. The van der Waals surface area contributed by atoms with Crippen LogP contribution in [0.25, 0.3) is 22.5 Å². The molecule has 6 heterocycles. The molecule has 332 valence electrons. The summed E-state index contributed by atoms with van der Waals surface area (Å²) >= 11 is 12.4. The zero-order chi connectivity index (χ0) is 46.5. The summed E-state index contributed by atoms with van der Waals surface area (Å²) in [6, 6.07) is 16.4. The Kier molecular flexibility index (Phi) is 16.8. The van der Waals surface area contributed by atoms with E-state index in [9.17, 15) is 31.2 Å². The van der Waals surface area contributed by atoms with Crippen molar-refractivity contribution in [3.63, 3.8) is 0 Å². The van der Waals surface area contributed by atoms with E-state index in [4.69, 9.17) is 38.2 Å². The van der Waals surface area contributed by atoms with Crippen LogP contribution in [0.3, 0.4) is 0 Å². The van der Waals surface area contributed by atoms with Gasteiger partial charge in [-0.1, -0.05) is 23.2 Å². The molecule has 0 aliphatic heterocycles. The number of carbonyl (C=O) groups is 3. The average molecular weight is 942 g/mol. The maximum Gasteiger partial charge on any atom is 0.410 e. The minimum absolute atomic E-state index is 0.0268. The van der Waals surface area contributed by atoms with Crippen LogP contribution in [-0.2, 0) is 47.5 Å². The first-order valence-electron chi connectivity index (χ1n) is 18.3. The number of rotatable bonds is 12. The molecule has 3 N–H and O–H groups in total. The summed E-state index contributed by atoms with van der Waals surface area (Å²) in [6.07, 6.45) is 12.3. The molecule has 0 bridgehead atoms. The number of nitrogens with zero attached hydrogens (tertiary/aromatic N) is 7. The van der Waals surface area contributed by atoms with E-state index in [2.05, 4.69) is 25.3 Å². The van der Waals surface area contributed by atoms with E-state index in [0.29, 0.717) is 46.8 Å². The van der Waals surface area contributed by atoms with Gasteiger partial charge in [-0.2, -0.15) is 0 Å². The second kappa shape index (κ2) is 21.6. The van der Waals surface area contributed by atoms with Crippen LogP contribution in [0.4, 0.5) is 4.79 Å². The van der Waals surface area contributed by atoms with Gasteiger partial charge in [-0.3, -0.25) is 9.97 Å². The first kappa shape index (κ1) is 49.2. The van der Waals surface area contributed by atoms with Crippen molar-refractivity contribution in [3.05, 3.63) is 144 Å². The van der Waals surface area contributed by atoms with Crippen LogP contribution < -0.4 is 5.32 Å². The van der Waals surface area contributed by atoms with E-state index in [1.807, 2.05) is 0 Å². The molecule has 63 heavy (non-hydrogen) atoms. The standard InChI is InChI=1S/C21H23ClN4O4S.C16H15ClN4O2S.C4H4O4/c1-21(2,3)30-20(27)25(4)13-15-11-18(17-8-6-10-24-19(17)22)26(14-15)31(28,29)16-7-5-9-23-12-16;1-18-9-12-8-15(14-5-3-7-20-16(14)17)21(11-12)24(22,23)13-4-2-6-19-10-13;5-3(6)1-2-4(7)8/h5-12,14H,13H2,1-4H3;2-8,10-11,18H,9H2,1H3;1-2H,(H,5,6)(H,7,8)/b;;2-1+. The maximum atomic E-state index is 13.3. The molecule has 18 nitrogen and oxygen atoms in total. The zero-order valence-corrected chi connectivity index (χ0v) is 37.5. The number of nitrogens with one attached hydrogen (secondary N) is 1. The Morgan fingerprint density at radius 2 is 1.17 bits per heavy atom. The Hall–Kier alpha value is -6.45. The number of carbonyl (C=O) groups excluding carboxylic acids is 1. The third kappa shape index (κ3) is 13.5. The summed E-state index contributed by atoms with van der Waals surface area (Å²) in [7, 11) is -4.38. The van der Waals surface area contributed by atoms with Gasteiger partial charge < -0.3 is 25.2 Å². The predicted molar refractivity (Wildman–Crippen MR) is 234 cm³/mol. The molecule has 6 rings (SSSR count).